The van der Waals surface area contributed by atoms with Crippen molar-refractivity contribution in [3.05, 3.63) is 199 Å². The molecule has 3 heteroatoms. The molecule has 2 heterocycles. The summed E-state index contributed by atoms with van der Waals surface area (Å²) in [6.45, 7) is 0. The largest absolute Gasteiger partial charge is 0.340 e. The van der Waals surface area contributed by atoms with Crippen LogP contribution in [0, 0.1) is 0 Å². The highest BCUT2D eigenvalue weighted by Gasteiger charge is 2.20. The smallest absolute Gasteiger partial charge is 0.133 e. The van der Waals surface area contributed by atoms with Gasteiger partial charge in [-0.2, -0.15) is 0 Å². The molecular formula is C48H32N2S. The van der Waals surface area contributed by atoms with Crippen LogP contribution >= 0.6 is 11.3 Å². The molecule has 0 radical (unpaired) electrons. The molecule has 240 valence electrons. The number of fused-ring (bicyclic) bond motifs is 8. The predicted molar refractivity (Wildman–Crippen MR) is 218 cm³/mol. The van der Waals surface area contributed by atoms with E-state index in [9.17, 15) is 0 Å². The van der Waals surface area contributed by atoms with Gasteiger partial charge in [-0.1, -0.05) is 164 Å². The normalized spacial score (nSPS) is 14.5. The lowest BCUT2D eigenvalue weighted by molar-refractivity contribution is 0.881. The highest BCUT2D eigenvalue weighted by molar-refractivity contribution is 7.27. The zero-order chi connectivity index (χ0) is 33.7. The molecule has 2 nitrogen and oxygen atoms in total. The van der Waals surface area contributed by atoms with Crippen LogP contribution in [0.1, 0.15) is 22.7 Å². The SMILES string of the molecule is C1=C(c2ccc(-c3ccccc3)cc2)NC(c2ccccc2)=NC1c1cccc(-c2ccc3c(c2)sc2c4ccccc4c4ccccc4c32)c1. The van der Waals surface area contributed by atoms with E-state index in [1.807, 2.05) is 17.4 Å². The highest BCUT2D eigenvalue weighted by atomic mass is 32.1. The Morgan fingerprint density at radius 2 is 1.00 bits per heavy atom. The van der Waals surface area contributed by atoms with E-state index in [1.165, 1.54) is 64.0 Å². The second-order valence-electron chi connectivity index (χ2n) is 13.2. The van der Waals surface area contributed by atoms with Gasteiger partial charge in [-0.25, -0.2) is 0 Å². The van der Waals surface area contributed by atoms with Gasteiger partial charge in [0.15, 0.2) is 0 Å². The van der Waals surface area contributed by atoms with Gasteiger partial charge >= 0.3 is 0 Å². The van der Waals surface area contributed by atoms with E-state index >= 15 is 0 Å². The predicted octanol–water partition coefficient (Wildman–Crippen LogP) is 12.8. The van der Waals surface area contributed by atoms with Crippen molar-refractivity contribution in [1.82, 2.24) is 5.32 Å². The Hall–Kier alpha value is -6.29. The summed E-state index contributed by atoms with van der Waals surface area (Å²) in [5.74, 6) is 0.877. The maximum atomic E-state index is 5.27. The topological polar surface area (TPSA) is 24.4 Å². The molecule has 8 aromatic carbocycles. The molecule has 9 aromatic rings. The number of rotatable bonds is 5. The first-order valence-electron chi connectivity index (χ1n) is 17.4. The van der Waals surface area contributed by atoms with E-state index in [-0.39, 0.29) is 6.04 Å². The van der Waals surface area contributed by atoms with E-state index < -0.39 is 0 Å². The molecule has 0 fully saturated rings. The van der Waals surface area contributed by atoms with Crippen LogP contribution in [0.4, 0.5) is 0 Å². The van der Waals surface area contributed by atoms with Crippen LogP contribution in [0.5, 0.6) is 0 Å². The number of aliphatic imine (C=N–C) groups is 1. The summed E-state index contributed by atoms with van der Waals surface area (Å²) in [7, 11) is 0. The number of hydrogen-bond donors (Lipinski definition) is 1. The minimum Gasteiger partial charge on any atom is -0.340 e. The maximum Gasteiger partial charge on any atom is 0.133 e. The lowest BCUT2D eigenvalue weighted by Gasteiger charge is -2.24. The Labute approximate surface area is 300 Å². The third-order valence-corrected chi connectivity index (χ3v) is 11.3. The summed E-state index contributed by atoms with van der Waals surface area (Å²) < 4.78 is 2.67. The lowest BCUT2D eigenvalue weighted by Crippen LogP contribution is -2.27. The minimum absolute atomic E-state index is 0.143. The van der Waals surface area contributed by atoms with E-state index in [4.69, 9.17) is 4.99 Å². The quantitative estimate of drug-likeness (QED) is 0.181. The molecule has 1 atom stereocenters. The van der Waals surface area contributed by atoms with Crippen molar-refractivity contribution in [3.8, 4) is 22.3 Å². The van der Waals surface area contributed by atoms with Gasteiger partial charge < -0.3 is 5.32 Å². The number of thiophene rings is 1. The molecule has 1 aliphatic rings. The zero-order valence-electron chi connectivity index (χ0n) is 27.8. The van der Waals surface area contributed by atoms with Gasteiger partial charge in [-0.15, -0.1) is 11.3 Å². The second-order valence-corrected chi connectivity index (χ2v) is 14.2. The Morgan fingerprint density at radius 1 is 0.431 bits per heavy atom. The molecule has 0 spiro atoms. The molecular weight excluding hydrogens is 637 g/mol. The van der Waals surface area contributed by atoms with Crippen LogP contribution in [-0.2, 0) is 0 Å². The van der Waals surface area contributed by atoms with Crippen LogP contribution in [0.25, 0.3) is 69.7 Å². The van der Waals surface area contributed by atoms with Crippen molar-refractivity contribution in [1.29, 1.82) is 0 Å². The molecule has 0 aliphatic carbocycles. The Balaban J connectivity index is 1.06. The second kappa shape index (κ2) is 12.2. The van der Waals surface area contributed by atoms with Crippen molar-refractivity contribution in [2.24, 2.45) is 4.99 Å². The third kappa shape index (κ3) is 5.22. The van der Waals surface area contributed by atoms with Gasteiger partial charge in [-0.3, -0.25) is 4.99 Å². The zero-order valence-corrected chi connectivity index (χ0v) is 28.6. The first kappa shape index (κ1) is 29.6. The Morgan fingerprint density at radius 3 is 1.76 bits per heavy atom. The molecule has 0 saturated carbocycles. The number of amidine groups is 1. The van der Waals surface area contributed by atoms with Crippen LogP contribution in [-0.4, -0.2) is 5.84 Å². The summed E-state index contributed by atoms with van der Waals surface area (Å²) >= 11 is 1.90. The van der Waals surface area contributed by atoms with Gasteiger partial charge in [0.05, 0.1) is 6.04 Å². The van der Waals surface area contributed by atoms with Crippen LogP contribution in [0.2, 0.25) is 0 Å². The first-order chi connectivity index (χ1) is 25.3. The van der Waals surface area contributed by atoms with Gasteiger partial charge in [0.1, 0.15) is 5.84 Å². The number of hydrogen-bond acceptors (Lipinski definition) is 3. The summed E-state index contributed by atoms with van der Waals surface area (Å²) in [5, 5.41) is 11.6. The molecule has 0 amide bonds. The average molecular weight is 669 g/mol. The van der Waals surface area contributed by atoms with Crippen molar-refractivity contribution in [2.75, 3.05) is 0 Å². The maximum absolute atomic E-state index is 5.27. The first-order valence-corrected chi connectivity index (χ1v) is 18.2. The van der Waals surface area contributed by atoms with Gasteiger partial charge in [0, 0.05) is 36.8 Å². The third-order valence-electron chi connectivity index (χ3n) is 10.1. The standard InChI is InChI=1S/C48H32N2S/c1-3-12-31(13-4-1)32-22-24-33(25-23-32)43-30-44(50-48(49-43)34-14-5-2-6-15-34)37-17-11-16-35(28-37)36-26-27-42-45(29-36)51-47-41-21-10-8-19-39(41)38-18-7-9-20-40(38)46(42)47/h1-30,44H,(H,49,50). The van der Waals surface area contributed by atoms with Crippen molar-refractivity contribution >= 4 is 64.6 Å². The van der Waals surface area contributed by atoms with Crippen molar-refractivity contribution in [3.63, 3.8) is 0 Å². The van der Waals surface area contributed by atoms with Gasteiger partial charge in [0.25, 0.3) is 0 Å². The van der Waals surface area contributed by atoms with Crippen LogP contribution in [0.3, 0.4) is 0 Å². The summed E-state index contributed by atoms with van der Waals surface area (Å²) in [6, 6.07) is 63.2. The molecule has 1 aliphatic heterocycles. The molecule has 1 N–H and O–H groups in total. The fraction of sp³-hybridized carbons (Fsp3) is 0.0208. The monoisotopic (exact) mass is 668 g/mol. The van der Waals surface area contributed by atoms with Gasteiger partial charge in [-0.05, 0) is 67.7 Å². The number of nitrogens with zero attached hydrogens (tertiary/aromatic N) is 1. The van der Waals surface area contributed by atoms with E-state index in [1.54, 1.807) is 0 Å². The number of nitrogens with one attached hydrogen (secondary N) is 1. The molecule has 1 aromatic heterocycles. The van der Waals surface area contributed by atoms with E-state index in [0.29, 0.717) is 0 Å². The van der Waals surface area contributed by atoms with Crippen LogP contribution in [0.15, 0.2) is 187 Å². The minimum atomic E-state index is -0.143. The van der Waals surface area contributed by atoms with Crippen molar-refractivity contribution < 1.29 is 0 Å². The molecule has 1 unspecified atom stereocenters. The fourth-order valence-electron chi connectivity index (χ4n) is 7.58. The molecule has 10 rings (SSSR count). The summed E-state index contributed by atoms with van der Waals surface area (Å²) in [6.07, 6.45) is 2.26. The Kier molecular flexibility index (Phi) is 7.11. The number of benzene rings is 8. The summed E-state index contributed by atoms with van der Waals surface area (Å²) in [4.78, 5) is 5.27. The van der Waals surface area contributed by atoms with Crippen molar-refractivity contribution in [2.45, 2.75) is 6.04 Å². The summed E-state index contributed by atoms with van der Waals surface area (Å²) in [5.41, 5.74) is 9.25. The van der Waals surface area contributed by atoms with E-state index in [2.05, 4.69) is 181 Å². The lowest BCUT2D eigenvalue weighted by atomic mass is 9.95. The van der Waals surface area contributed by atoms with Gasteiger partial charge in [0.2, 0.25) is 0 Å². The molecule has 51 heavy (non-hydrogen) atoms. The molecule has 0 bridgehead atoms. The van der Waals surface area contributed by atoms with E-state index in [0.717, 1.165) is 28.2 Å². The Bertz CT molecular complexity index is 2810. The fourth-order valence-corrected chi connectivity index (χ4v) is 8.87. The highest BCUT2D eigenvalue weighted by Crippen LogP contribution is 2.45. The average Bonchev–Trinajstić information content (AvgIpc) is 3.61. The molecule has 0 saturated heterocycles. The van der Waals surface area contributed by atoms with Crippen LogP contribution < -0.4 is 5.32 Å².